The molecule has 1 unspecified atom stereocenters. The largest absolute Gasteiger partial charge is 0.354 e. The number of nitrogens with zero attached hydrogens (tertiary/aromatic N) is 1. The predicted octanol–water partition coefficient (Wildman–Crippen LogP) is 2.14. The van der Waals surface area contributed by atoms with Gasteiger partial charge in [0.25, 0.3) is 5.91 Å². The van der Waals surface area contributed by atoms with Gasteiger partial charge < -0.3 is 5.32 Å². The summed E-state index contributed by atoms with van der Waals surface area (Å²) in [6, 6.07) is 4.00. The molecule has 19 heavy (non-hydrogen) atoms. The zero-order valence-electron chi connectivity index (χ0n) is 12.2. The third kappa shape index (κ3) is 2.78. The fourth-order valence-corrected chi connectivity index (χ4v) is 2.24. The molecule has 0 spiro atoms. The number of aliphatic imine (C=N–C) groups is 1. The molecule has 1 atom stereocenters. The summed E-state index contributed by atoms with van der Waals surface area (Å²) in [5.41, 5.74) is 4.52. The van der Waals surface area contributed by atoms with Crippen molar-refractivity contribution in [2.75, 3.05) is 0 Å². The number of rotatable bonds is 2. The molecule has 0 bridgehead atoms. The van der Waals surface area contributed by atoms with E-state index in [4.69, 9.17) is 0 Å². The molecule has 102 valence electrons. The normalized spacial score (nSPS) is 18.5. The van der Waals surface area contributed by atoms with Crippen LogP contribution in [0.15, 0.2) is 17.1 Å². The van der Waals surface area contributed by atoms with E-state index in [1.807, 2.05) is 20.8 Å². The van der Waals surface area contributed by atoms with Gasteiger partial charge in [0.2, 0.25) is 0 Å². The minimum absolute atomic E-state index is 0.0606. The summed E-state index contributed by atoms with van der Waals surface area (Å²) in [6.45, 7) is 10.2. The standard InChI is InChI=1S/C15H21N3O/c1-8(2)16-15-17-13(14(19)18-15)12-7-10(4)9(3)6-11(12)5/h6-8,13H,1-5H3,(H2,16,17,18,19). The monoisotopic (exact) mass is 259 g/mol. The van der Waals surface area contributed by atoms with Crippen molar-refractivity contribution in [1.29, 1.82) is 0 Å². The molecule has 0 fully saturated rings. The van der Waals surface area contributed by atoms with Crippen LogP contribution in [0.3, 0.4) is 0 Å². The number of hydrogen-bond acceptors (Lipinski definition) is 3. The molecule has 2 rings (SSSR count). The summed E-state index contributed by atoms with van der Waals surface area (Å²) in [4.78, 5) is 16.5. The van der Waals surface area contributed by atoms with Gasteiger partial charge in [-0.05, 0) is 56.9 Å². The van der Waals surface area contributed by atoms with Crippen LogP contribution in [0.4, 0.5) is 0 Å². The number of aryl methyl sites for hydroxylation is 3. The van der Waals surface area contributed by atoms with Crippen molar-refractivity contribution in [1.82, 2.24) is 10.6 Å². The molecule has 0 saturated carbocycles. The molecule has 1 aromatic carbocycles. The maximum absolute atomic E-state index is 12.0. The Hall–Kier alpha value is -1.84. The molecule has 0 aromatic heterocycles. The molecule has 0 aliphatic carbocycles. The number of carbonyl (C=O) groups is 1. The van der Waals surface area contributed by atoms with E-state index < -0.39 is 6.04 Å². The Labute approximate surface area is 114 Å². The van der Waals surface area contributed by atoms with Crippen molar-refractivity contribution >= 4 is 11.9 Å². The van der Waals surface area contributed by atoms with Crippen molar-refractivity contribution in [3.05, 3.63) is 34.4 Å². The Morgan fingerprint density at radius 1 is 1.16 bits per heavy atom. The smallest absolute Gasteiger partial charge is 0.256 e. The highest BCUT2D eigenvalue weighted by atomic mass is 16.2. The van der Waals surface area contributed by atoms with Crippen molar-refractivity contribution in [3.8, 4) is 0 Å². The average Bonchev–Trinajstić information content (AvgIpc) is 2.63. The van der Waals surface area contributed by atoms with Gasteiger partial charge in [0.05, 0.1) is 0 Å². The van der Waals surface area contributed by atoms with E-state index in [0.29, 0.717) is 5.96 Å². The Kier molecular flexibility index (Phi) is 3.60. The maximum Gasteiger partial charge on any atom is 0.256 e. The number of carbonyl (C=O) groups excluding carboxylic acids is 1. The predicted molar refractivity (Wildman–Crippen MR) is 77.2 cm³/mol. The Morgan fingerprint density at radius 3 is 2.42 bits per heavy atom. The summed E-state index contributed by atoms with van der Waals surface area (Å²) >= 11 is 0. The third-order valence-corrected chi connectivity index (χ3v) is 3.35. The van der Waals surface area contributed by atoms with E-state index >= 15 is 0 Å². The lowest BCUT2D eigenvalue weighted by atomic mass is 9.96. The third-order valence-electron chi connectivity index (χ3n) is 3.35. The quantitative estimate of drug-likeness (QED) is 0.855. The van der Waals surface area contributed by atoms with Crippen LogP contribution in [0.1, 0.15) is 42.1 Å². The minimum atomic E-state index is -0.430. The number of benzene rings is 1. The van der Waals surface area contributed by atoms with E-state index in [1.54, 1.807) is 0 Å². The van der Waals surface area contributed by atoms with Crippen LogP contribution in [-0.4, -0.2) is 17.9 Å². The van der Waals surface area contributed by atoms with Crippen LogP contribution >= 0.6 is 0 Å². The van der Waals surface area contributed by atoms with Crippen molar-refractivity contribution in [2.24, 2.45) is 4.99 Å². The average molecular weight is 259 g/mol. The Morgan fingerprint density at radius 2 is 1.79 bits per heavy atom. The summed E-state index contributed by atoms with van der Waals surface area (Å²) in [7, 11) is 0. The number of guanidine groups is 1. The minimum Gasteiger partial charge on any atom is -0.354 e. The van der Waals surface area contributed by atoms with Gasteiger partial charge in [0.1, 0.15) is 0 Å². The van der Waals surface area contributed by atoms with Crippen molar-refractivity contribution in [3.63, 3.8) is 0 Å². The topological polar surface area (TPSA) is 53.5 Å². The van der Waals surface area contributed by atoms with Gasteiger partial charge >= 0.3 is 0 Å². The van der Waals surface area contributed by atoms with Crippen LogP contribution in [-0.2, 0) is 4.79 Å². The van der Waals surface area contributed by atoms with Crippen molar-refractivity contribution < 1.29 is 4.79 Å². The van der Waals surface area contributed by atoms with Crippen LogP contribution in [0, 0.1) is 20.8 Å². The van der Waals surface area contributed by atoms with Crippen molar-refractivity contribution in [2.45, 2.75) is 46.7 Å². The van der Waals surface area contributed by atoms with Gasteiger partial charge in [0, 0.05) is 6.04 Å². The molecular formula is C15H21N3O. The molecule has 0 saturated heterocycles. The molecule has 1 heterocycles. The molecule has 0 radical (unpaired) electrons. The van der Waals surface area contributed by atoms with Crippen LogP contribution < -0.4 is 10.6 Å². The first kappa shape index (κ1) is 13.6. The lowest BCUT2D eigenvalue weighted by molar-refractivity contribution is -0.120. The van der Waals surface area contributed by atoms with Crippen LogP contribution in [0.2, 0.25) is 0 Å². The van der Waals surface area contributed by atoms with Gasteiger partial charge in [-0.1, -0.05) is 12.1 Å². The Bertz CT molecular complexity index is 547. The van der Waals surface area contributed by atoms with E-state index in [0.717, 1.165) is 11.1 Å². The fraction of sp³-hybridized carbons (Fsp3) is 0.467. The summed E-state index contributed by atoms with van der Waals surface area (Å²) in [5.74, 6) is 0.511. The highest BCUT2D eigenvalue weighted by Gasteiger charge is 2.29. The molecule has 2 N–H and O–H groups in total. The summed E-state index contributed by atoms with van der Waals surface area (Å²) in [5, 5.41) is 5.93. The van der Waals surface area contributed by atoms with E-state index in [-0.39, 0.29) is 11.9 Å². The maximum atomic E-state index is 12.0. The fourth-order valence-electron chi connectivity index (χ4n) is 2.24. The first-order chi connectivity index (χ1) is 8.88. The zero-order valence-corrected chi connectivity index (χ0v) is 12.2. The van der Waals surface area contributed by atoms with Gasteiger partial charge in [0.15, 0.2) is 12.0 Å². The lowest BCUT2D eigenvalue weighted by Gasteiger charge is -2.12. The number of amides is 1. The first-order valence-electron chi connectivity index (χ1n) is 6.61. The van der Waals surface area contributed by atoms with Gasteiger partial charge in [-0.3, -0.25) is 10.1 Å². The van der Waals surface area contributed by atoms with Crippen LogP contribution in [0.5, 0.6) is 0 Å². The second-order valence-electron chi connectivity index (χ2n) is 5.46. The van der Waals surface area contributed by atoms with Gasteiger partial charge in [-0.15, -0.1) is 0 Å². The molecule has 1 amide bonds. The highest BCUT2D eigenvalue weighted by molar-refractivity contribution is 6.05. The molecular weight excluding hydrogens is 238 g/mol. The van der Waals surface area contributed by atoms with Gasteiger partial charge in [-0.2, -0.15) is 0 Å². The van der Waals surface area contributed by atoms with E-state index in [1.165, 1.54) is 11.1 Å². The molecule has 1 aromatic rings. The summed E-state index contributed by atoms with van der Waals surface area (Å²) < 4.78 is 0. The number of nitrogens with one attached hydrogen (secondary N) is 2. The Balaban J connectivity index is 2.34. The molecule has 1 aliphatic heterocycles. The summed E-state index contributed by atoms with van der Waals surface area (Å²) in [6.07, 6.45) is 0. The van der Waals surface area contributed by atoms with Gasteiger partial charge in [-0.25, -0.2) is 4.99 Å². The first-order valence-corrected chi connectivity index (χ1v) is 6.61. The van der Waals surface area contributed by atoms with Crippen LogP contribution in [0.25, 0.3) is 0 Å². The highest BCUT2D eigenvalue weighted by Crippen LogP contribution is 2.26. The molecule has 4 nitrogen and oxygen atoms in total. The van der Waals surface area contributed by atoms with E-state index in [9.17, 15) is 4.79 Å². The molecule has 1 aliphatic rings. The second kappa shape index (κ2) is 5.03. The second-order valence-corrected chi connectivity index (χ2v) is 5.46. The zero-order chi connectivity index (χ0) is 14.2. The lowest BCUT2D eigenvalue weighted by Crippen LogP contribution is -2.40. The number of hydrogen-bond donors (Lipinski definition) is 2. The SMILES string of the molecule is Cc1cc(C)c(C2N=C(NC(C)C)NC2=O)cc1C. The van der Waals surface area contributed by atoms with E-state index in [2.05, 4.69) is 41.6 Å². The molecule has 4 heteroatoms.